The smallest absolute Gasteiger partial charge is 0.306 e. The number of aromatic nitrogens is 1. The number of esters is 1. The van der Waals surface area contributed by atoms with E-state index in [4.69, 9.17) is 4.74 Å². The maximum atomic E-state index is 14.4. The molecule has 55 heavy (non-hydrogen) atoms. The zero-order valence-corrected chi connectivity index (χ0v) is 35.0. The molecule has 308 valence electrons. The van der Waals surface area contributed by atoms with E-state index in [1.807, 2.05) is 58.0 Å². The number of hydrogen-bond acceptors (Lipinski definition) is 8. The third-order valence-electron chi connectivity index (χ3n) is 11.8. The zero-order chi connectivity index (χ0) is 40.3. The molecular formula is C43H69N4O7S+. The van der Waals surface area contributed by atoms with Gasteiger partial charge < -0.3 is 24.5 Å². The van der Waals surface area contributed by atoms with Gasteiger partial charge in [-0.25, -0.2) is 4.98 Å². The Hall–Kier alpha value is -3.64. The number of piperidine rings is 1. The van der Waals surface area contributed by atoms with Gasteiger partial charge in [0.2, 0.25) is 5.91 Å². The van der Waals surface area contributed by atoms with Gasteiger partial charge in [-0.2, -0.15) is 0 Å². The summed E-state index contributed by atoms with van der Waals surface area (Å²) in [7, 11) is 3.96. The first kappa shape index (κ1) is 47.5. The van der Waals surface area contributed by atoms with Crippen LogP contribution < -0.4 is 5.32 Å². The summed E-state index contributed by atoms with van der Waals surface area (Å²) in [5, 5.41) is 14.6. The number of carboxylic acid groups (broad SMARTS) is 1. The van der Waals surface area contributed by atoms with Crippen molar-refractivity contribution in [1.82, 2.24) is 15.2 Å². The van der Waals surface area contributed by atoms with Gasteiger partial charge in [0.15, 0.2) is 11.9 Å². The molecule has 0 radical (unpaired) electrons. The van der Waals surface area contributed by atoms with Gasteiger partial charge in [-0.3, -0.25) is 24.0 Å². The highest BCUT2D eigenvalue weighted by Gasteiger charge is 2.44. The lowest BCUT2D eigenvalue weighted by Gasteiger charge is -2.47. The third-order valence-corrected chi connectivity index (χ3v) is 12.8. The number of Topliss-reactive ketones (excluding diaryl/α,β-unsaturated/α-hetero) is 1. The van der Waals surface area contributed by atoms with Crippen LogP contribution in [-0.2, 0) is 30.3 Å². The molecule has 0 aliphatic carbocycles. The molecule has 1 fully saturated rings. The molecule has 1 aliphatic rings. The number of nitrogens with one attached hydrogen (secondary N) is 1. The number of nitrogens with zero attached hydrogens (tertiary/aromatic N) is 3. The molecule has 2 aromatic rings. The largest absolute Gasteiger partial charge is 0.481 e. The fraction of sp³-hybridized carbons (Fsp3) is 0.674. The Labute approximate surface area is 334 Å². The average molecular weight is 786 g/mol. The first-order chi connectivity index (χ1) is 25.4. The van der Waals surface area contributed by atoms with Crippen molar-refractivity contribution in [2.24, 2.45) is 23.7 Å². The number of quaternary nitrogens is 1. The molecular weight excluding hydrogens is 717 g/mol. The third kappa shape index (κ3) is 13.0. The van der Waals surface area contributed by atoms with E-state index in [1.54, 1.807) is 24.3 Å². The normalized spacial score (nSPS) is 20.3. The van der Waals surface area contributed by atoms with E-state index in [0.717, 1.165) is 37.8 Å². The summed E-state index contributed by atoms with van der Waals surface area (Å²) >= 11 is 1.20. The van der Waals surface area contributed by atoms with Crippen molar-refractivity contribution in [3.05, 3.63) is 52.0 Å². The van der Waals surface area contributed by atoms with Crippen molar-refractivity contribution in [2.45, 2.75) is 144 Å². The molecule has 0 spiro atoms. The van der Waals surface area contributed by atoms with Crippen LogP contribution in [0.1, 0.15) is 135 Å². The molecule has 1 aromatic carbocycles. The monoisotopic (exact) mass is 785 g/mol. The number of hydrogen-bond donors (Lipinski definition) is 2. The minimum absolute atomic E-state index is 0. The lowest BCUT2D eigenvalue weighted by Crippen LogP contribution is -2.62. The number of likely N-dealkylation sites (N-methyl/N-ethyl adjacent to an activating group) is 1. The molecule has 2 amide bonds. The summed E-state index contributed by atoms with van der Waals surface area (Å²) in [5.74, 6) is -3.01. The van der Waals surface area contributed by atoms with E-state index in [0.29, 0.717) is 22.0 Å². The van der Waals surface area contributed by atoms with Crippen LogP contribution in [0.4, 0.5) is 0 Å². The van der Waals surface area contributed by atoms with Gasteiger partial charge in [0.1, 0.15) is 16.7 Å². The van der Waals surface area contributed by atoms with Gasteiger partial charge in [0.05, 0.1) is 25.6 Å². The summed E-state index contributed by atoms with van der Waals surface area (Å²) in [6, 6.07) is 8.93. The fourth-order valence-corrected chi connectivity index (χ4v) is 8.70. The number of benzene rings is 1. The van der Waals surface area contributed by atoms with E-state index in [2.05, 4.69) is 31.2 Å². The molecule has 12 heteroatoms. The molecule has 11 nitrogen and oxygen atoms in total. The number of carbonyl (C=O) groups excluding carboxylic acids is 4. The van der Waals surface area contributed by atoms with Crippen LogP contribution in [0.3, 0.4) is 0 Å². The first-order valence-electron chi connectivity index (χ1n) is 19.7. The van der Waals surface area contributed by atoms with E-state index in [1.165, 1.54) is 18.3 Å². The highest BCUT2D eigenvalue weighted by molar-refractivity contribution is 7.09. The Morgan fingerprint density at radius 3 is 2.25 bits per heavy atom. The lowest BCUT2D eigenvalue weighted by atomic mass is 9.82. The molecule has 1 aromatic heterocycles. The fourth-order valence-electron chi connectivity index (χ4n) is 7.86. The highest BCUT2D eigenvalue weighted by atomic mass is 32.1. The maximum absolute atomic E-state index is 14.4. The number of ketones is 1. The Morgan fingerprint density at radius 2 is 1.69 bits per heavy atom. The molecule has 0 saturated carbocycles. The number of likely N-dealkylation sites (tertiary alicyclic amines) is 1. The van der Waals surface area contributed by atoms with Gasteiger partial charge in [0.25, 0.3) is 5.91 Å². The number of rotatable bonds is 20. The zero-order valence-electron chi connectivity index (χ0n) is 34.2. The van der Waals surface area contributed by atoms with Crippen molar-refractivity contribution >= 4 is 40.9 Å². The summed E-state index contributed by atoms with van der Waals surface area (Å²) in [6.45, 7) is 16.4. The predicted octanol–water partition coefficient (Wildman–Crippen LogP) is 7.74. The second-order valence-corrected chi connectivity index (χ2v) is 17.2. The second kappa shape index (κ2) is 21.6. The molecule has 1 unspecified atom stereocenters. The SMILES string of the molecule is C.CC[C@H](C)[C@H](CC(=O)[C@H]1CCCC[N+]1(C)C(C)C)C(=O)N(C)[C@H](C[C@@H](OC(C)=O)c1nc(C(=O)N[C@@H](Cc2ccccc2)C[C@H](C)C(=O)O)cs1)C(C)C. The van der Waals surface area contributed by atoms with Crippen molar-refractivity contribution in [3.8, 4) is 0 Å². The van der Waals surface area contributed by atoms with Crippen LogP contribution >= 0.6 is 11.3 Å². The number of carboxylic acids is 1. The van der Waals surface area contributed by atoms with Crippen molar-refractivity contribution in [2.75, 3.05) is 20.6 Å². The number of aliphatic carboxylic acids is 1. The maximum Gasteiger partial charge on any atom is 0.306 e. The topological polar surface area (TPSA) is 143 Å². The van der Waals surface area contributed by atoms with Crippen LogP contribution in [0.2, 0.25) is 0 Å². The molecule has 2 N–H and O–H groups in total. The van der Waals surface area contributed by atoms with Gasteiger partial charge >= 0.3 is 11.9 Å². The van der Waals surface area contributed by atoms with Crippen LogP contribution in [0.5, 0.6) is 0 Å². The van der Waals surface area contributed by atoms with Crippen molar-refractivity contribution in [1.29, 1.82) is 0 Å². The Morgan fingerprint density at radius 1 is 1.04 bits per heavy atom. The van der Waals surface area contributed by atoms with Crippen molar-refractivity contribution < 1.29 is 38.3 Å². The van der Waals surface area contributed by atoms with Crippen LogP contribution in [0.15, 0.2) is 35.7 Å². The number of amides is 2. The average Bonchev–Trinajstić information content (AvgIpc) is 3.62. The molecule has 0 bridgehead atoms. The van der Waals surface area contributed by atoms with Crippen LogP contribution in [0, 0.1) is 23.7 Å². The van der Waals surface area contributed by atoms with E-state index in [9.17, 15) is 29.1 Å². The van der Waals surface area contributed by atoms with E-state index in [-0.39, 0.29) is 68.0 Å². The minimum atomic E-state index is -0.940. The van der Waals surface area contributed by atoms with Crippen molar-refractivity contribution in [3.63, 3.8) is 0 Å². The molecule has 1 aliphatic heterocycles. The predicted molar refractivity (Wildman–Crippen MR) is 219 cm³/mol. The molecule has 2 heterocycles. The summed E-state index contributed by atoms with van der Waals surface area (Å²) in [4.78, 5) is 72.5. The Balaban J connectivity index is 0.0000105. The summed E-state index contributed by atoms with van der Waals surface area (Å²) in [6.07, 6.45) is 4.03. The molecule has 1 saturated heterocycles. The van der Waals surface area contributed by atoms with Crippen LogP contribution in [0.25, 0.3) is 0 Å². The van der Waals surface area contributed by atoms with Gasteiger partial charge in [-0.15, -0.1) is 11.3 Å². The minimum Gasteiger partial charge on any atom is -0.481 e. The summed E-state index contributed by atoms with van der Waals surface area (Å²) < 4.78 is 6.52. The molecule has 3 rings (SSSR count). The van der Waals surface area contributed by atoms with Crippen LogP contribution in [-0.4, -0.2) is 93.8 Å². The quantitative estimate of drug-likeness (QED) is 0.103. The highest BCUT2D eigenvalue weighted by Crippen LogP contribution is 2.34. The first-order valence-corrected chi connectivity index (χ1v) is 20.6. The van der Waals surface area contributed by atoms with Gasteiger partial charge in [0, 0.05) is 56.6 Å². The number of carbonyl (C=O) groups is 5. The lowest BCUT2D eigenvalue weighted by molar-refractivity contribution is -0.948. The summed E-state index contributed by atoms with van der Waals surface area (Å²) in [5.41, 5.74) is 1.11. The number of thiazole rings is 1. The van der Waals surface area contributed by atoms with E-state index >= 15 is 0 Å². The van der Waals surface area contributed by atoms with Gasteiger partial charge in [-0.05, 0) is 56.9 Å². The molecule has 8 atom stereocenters. The standard InChI is InChI=1S/C42H64N4O7S.CH4/c1-11-28(6)33(23-37(48)36-19-15-16-20-46(36,10)27(4)5)41(50)45(9)35(26(2)3)24-38(53-30(8)47)40-44-34(25-54-40)39(49)43-32(21-29(7)42(51)52)22-31-17-13-12-14-18-31;/h12-14,17-18,25-29,32-33,35-36,38H,11,15-16,19-24H2,1-10H3,(H-,43,49,51,52);1H4/p+1/t28-,29-,32+,33-,35+,36+,38+,46?;/m0./s1. The number of ether oxygens (including phenoxy) is 1. The Kier molecular flexibility index (Phi) is 18.7. The Bertz CT molecular complexity index is 1560. The second-order valence-electron chi connectivity index (χ2n) is 16.3. The van der Waals surface area contributed by atoms with E-state index < -0.39 is 41.8 Å². The van der Waals surface area contributed by atoms with Gasteiger partial charge in [-0.1, -0.05) is 78.8 Å².